The van der Waals surface area contributed by atoms with Gasteiger partial charge in [-0.1, -0.05) is 31.2 Å². The molecule has 0 atom stereocenters. The zero-order valence-electron chi connectivity index (χ0n) is 11.5. The summed E-state index contributed by atoms with van der Waals surface area (Å²) in [6, 6.07) is 12.4. The van der Waals surface area contributed by atoms with Crippen LogP contribution in [-0.2, 0) is 11.8 Å². The number of hydrogen-bond acceptors (Lipinski definition) is 3. The van der Waals surface area contributed by atoms with E-state index >= 15 is 0 Å². The normalized spacial score (nSPS) is 11.1. The molecule has 0 unspecified atom stereocenters. The van der Waals surface area contributed by atoms with E-state index in [1.165, 1.54) is 5.56 Å². The van der Waals surface area contributed by atoms with Gasteiger partial charge in [0, 0.05) is 11.8 Å². The summed E-state index contributed by atoms with van der Waals surface area (Å²) in [5.74, 6) is 0.562. The zero-order valence-corrected chi connectivity index (χ0v) is 11.5. The molecule has 19 heavy (non-hydrogen) atoms. The number of nitrogens with zero attached hydrogens (tertiary/aromatic N) is 3. The van der Waals surface area contributed by atoms with Crippen LogP contribution in [0.1, 0.15) is 32.2 Å². The highest BCUT2D eigenvalue weighted by atomic mass is 14.9. The van der Waals surface area contributed by atoms with Crippen LogP contribution >= 0.6 is 0 Å². The van der Waals surface area contributed by atoms with E-state index in [2.05, 4.69) is 47.2 Å². The van der Waals surface area contributed by atoms with Gasteiger partial charge in [0.2, 0.25) is 0 Å². The zero-order chi connectivity index (χ0) is 13.9. The van der Waals surface area contributed by atoms with Crippen molar-refractivity contribution in [2.75, 3.05) is 0 Å². The molecule has 3 nitrogen and oxygen atoms in total. The summed E-state index contributed by atoms with van der Waals surface area (Å²) in [6.07, 6.45) is 2.74. The average Bonchev–Trinajstić information content (AvgIpc) is 2.47. The highest BCUT2D eigenvalue weighted by Gasteiger charge is 2.23. The van der Waals surface area contributed by atoms with Crippen LogP contribution in [0, 0.1) is 11.3 Å². The second-order valence-corrected chi connectivity index (χ2v) is 5.05. The molecule has 0 bridgehead atoms. The van der Waals surface area contributed by atoms with Gasteiger partial charge in [-0.05, 0) is 31.9 Å². The van der Waals surface area contributed by atoms with E-state index in [1.807, 2.05) is 19.9 Å². The molecule has 1 aromatic carbocycles. The Bertz CT molecular complexity index is 607. The number of rotatable bonds is 3. The first-order chi connectivity index (χ1) is 9.06. The molecule has 0 saturated carbocycles. The van der Waals surface area contributed by atoms with Crippen molar-refractivity contribution in [1.82, 2.24) is 9.97 Å². The number of nitriles is 1. The first-order valence-corrected chi connectivity index (χ1v) is 6.41. The van der Waals surface area contributed by atoms with Crippen molar-refractivity contribution < 1.29 is 0 Å². The standard InChI is InChI=1S/C16H17N3/c1-4-12-5-7-13(8-6-12)14-9-10-18-15(19-14)16(2,3)11-17/h5-10H,4H2,1-3H3. The fourth-order valence-corrected chi connectivity index (χ4v) is 1.78. The third kappa shape index (κ3) is 2.79. The van der Waals surface area contributed by atoms with Crippen LogP contribution in [0.2, 0.25) is 0 Å². The van der Waals surface area contributed by atoms with Gasteiger partial charge in [-0.3, -0.25) is 0 Å². The van der Waals surface area contributed by atoms with Gasteiger partial charge in [-0.15, -0.1) is 0 Å². The van der Waals surface area contributed by atoms with E-state index in [-0.39, 0.29) is 0 Å². The number of hydrogen-bond donors (Lipinski definition) is 0. The Morgan fingerprint density at radius 1 is 1.16 bits per heavy atom. The molecular weight excluding hydrogens is 234 g/mol. The Labute approximate surface area is 114 Å². The topological polar surface area (TPSA) is 49.6 Å². The lowest BCUT2D eigenvalue weighted by Crippen LogP contribution is -2.18. The Morgan fingerprint density at radius 3 is 2.42 bits per heavy atom. The van der Waals surface area contributed by atoms with Crippen LogP contribution in [-0.4, -0.2) is 9.97 Å². The molecule has 0 aliphatic heterocycles. The van der Waals surface area contributed by atoms with Crippen LogP contribution in [0.15, 0.2) is 36.5 Å². The molecule has 1 aromatic heterocycles. The fourth-order valence-electron chi connectivity index (χ4n) is 1.78. The average molecular weight is 251 g/mol. The van der Waals surface area contributed by atoms with Gasteiger partial charge >= 0.3 is 0 Å². The van der Waals surface area contributed by atoms with E-state index in [0.717, 1.165) is 17.7 Å². The lowest BCUT2D eigenvalue weighted by atomic mass is 9.94. The summed E-state index contributed by atoms with van der Waals surface area (Å²) in [5, 5.41) is 9.15. The molecule has 0 amide bonds. The molecular formula is C16H17N3. The molecule has 96 valence electrons. The van der Waals surface area contributed by atoms with Crippen LogP contribution in [0.5, 0.6) is 0 Å². The maximum atomic E-state index is 9.15. The van der Waals surface area contributed by atoms with Gasteiger partial charge in [-0.25, -0.2) is 9.97 Å². The van der Waals surface area contributed by atoms with Crippen LogP contribution in [0.25, 0.3) is 11.3 Å². The van der Waals surface area contributed by atoms with Gasteiger partial charge < -0.3 is 0 Å². The maximum absolute atomic E-state index is 9.15. The molecule has 0 saturated heterocycles. The lowest BCUT2D eigenvalue weighted by Gasteiger charge is -2.14. The SMILES string of the molecule is CCc1ccc(-c2ccnc(C(C)(C)C#N)n2)cc1. The first-order valence-electron chi connectivity index (χ1n) is 6.41. The third-order valence-electron chi connectivity index (χ3n) is 3.15. The van der Waals surface area contributed by atoms with Crippen LogP contribution in [0.3, 0.4) is 0 Å². The second kappa shape index (κ2) is 5.19. The second-order valence-electron chi connectivity index (χ2n) is 5.05. The number of benzene rings is 1. The lowest BCUT2D eigenvalue weighted by molar-refractivity contribution is 0.630. The number of aryl methyl sites for hydroxylation is 1. The van der Waals surface area contributed by atoms with E-state index in [4.69, 9.17) is 5.26 Å². The number of aromatic nitrogens is 2. The monoisotopic (exact) mass is 251 g/mol. The molecule has 0 aliphatic carbocycles. The highest BCUT2D eigenvalue weighted by Crippen LogP contribution is 2.22. The van der Waals surface area contributed by atoms with Crippen molar-refractivity contribution in [2.24, 2.45) is 0 Å². The van der Waals surface area contributed by atoms with Gasteiger partial charge in [0.1, 0.15) is 11.2 Å². The van der Waals surface area contributed by atoms with Crippen molar-refractivity contribution >= 4 is 0 Å². The summed E-state index contributed by atoms with van der Waals surface area (Å²) in [5.41, 5.74) is 2.54. The summed E-state index contributed by atoms with van der Waals surface area (Å²) in [4.78, 5) is 8.71. The van der Waals surface area contributed by atoms with Gasteiger partial charge in [0.25, 0.3) is 0 Å². The summed E-state index contributed by atoms with van der Waals surface area (Å²) in [6.45, 7) is 5.78. The predicted octanol–water partition coefficient (Wildman–Crippen LogP) is 3.51. The summed E-state index contributed by atoms with van der Waals surface area (Å²) < 4.78 is 0. The summed E-state index contributed by atoms with van der Waals surface area (Å²) >= 11 is 0. The van der Waals surface area contributed by atoms with Crippen molar-refractivity contribution in [2.45, 2.75) is 32.6 Å². The van der Waals surface area contributed by atoms with Gasteiger partial charge in [-0.2, -0.15) is 5.26 Å². The summed E-state index contributed by atoms with van der Waals surface area (Å²) in [7, 11) is 0. The Hall–Kier alpha value is -2.21. The molecule has 1 heterocycles. The van der Waals surface area contributed by atoms with E-state index < -0.39 is 5.41 Å². The van der Waals surface area contributed by atoms with E-state index in [9.17, 15) is 0 Å². The minimum absolute atomic E-state index is 0.562. The van der Waals surface area contributed by atoms with Crippen molar-refractivity contribution in [3.8, 4) is 17.3 Å². The Morgan fingerprint density at radius 2 is 1.84 bits per heavy atom. The highest BCUT2D eigenvalue weighted by molar-refractivity contribution is 5.59. The molecule has 0 radical (unpaired) electrons. The van der Waals surface area contributed by atoms with Crippen molar-refractivity contribution in [1.29, 1.82) is 5.26 Å². The predicted molar refractivity (Wildman–Crippen MR) is 75.5 cm³/mol. The molecule has 2 aromatic rings. The molecule has 2 rings (SSSR count). The maximum Gasteiger partial charge on any atom is 0.148 e. The minimum atomic E-state index is -0.667. The molecule has 0 spiro atoms. The third-order valence-corrected chi connectivity index (χ3v) is 3.15. The fraction of sp³-hybridized carbons (Fsp3) is 0.312. The van der Waals surface area contributed by atoms with Crippen molar-refractivity contribution in [3.63, 3.8) is 0 Å². The Balaban J connectivity index is 2.41. The quantitative estimate of drug-likeness (QED) is 0.838. The molecule has 0 aliphatic rings. The smallest absolute Gasteiger partial charge is 0.148 e. The van der Waals surface area contributed by atoms with Gasteiger partial charge in [0.15, 0.2) is 0 Å². The largest absolute Gasteiger partial charge is 0.240 e. The molecule has 3 heteroatoms. The van der Waals surface area contributed by atoms with Crippen LogP contribution < -0.4 is 0 Å². The minimum Gasteiger partial charge on any atom is -0.240 e. The van der Waals surface area contributed by atoms with E-state index in [1.54, 1.807) is 6.20 Å². The van der Waals surface area contributed by atoms with Crippen molar-refractivity contribution in [3.05, 3.63) is 47.9 Å². The molecule has 0 N–H and O–H groups in total. The van der Waals surface area contributed by atoms with Gasteiger partial charge in [0.05, 0.1) is 11.8 Å². The Kier molecular flexibility index (Phi) is 3.62. The van der Waals surface area contributed by atoms with E-state index in [0.29, 0.717) is 5.82 Å². The molecule has 0 fully saturated rings. The van der Waals surface area contributed by atoms with Crippen LogP contribution in [0.4, 0.5) is 0 Å². The first kappa shape index (κ1) is 13.2.